The molecule has 6 nitrogen and oxygen atoms in total. The average Bonchev–Trinajstić information content (AvgIpc) is 2.78. The molecular formula is C24H42N2O4. The second-order valence-corrected chi connectivity index (χ2v) is 7.85. The maximum Gasteiger partial charge on any atom is 0.133 e. The maximum atomic E-state index is 10.0. The molecule has 0 radical (unpaired) electrons. The number of benzene rings is 1. The highest BCUT2D eigenvalue weighted by molar-refractivity contribution is 5.51. The first-order chi connectivity index (χ1) is 14.5. The van der Waals surface area contributed by atoms with Gasteiger partial charge >= 0.3 is 0 Å². The van der Waals surface area contributed by atoms with Crippen LogP contribution in [0.15, 0.2) is 18.2 Å². The van der Waals surface area contributed by atoms with Crippen molar-refractivity contribution in [2.24, 2.45) is 0 Å². The molecule has 1 heterocycles. The van der Waals surface area contributed by atoms with E-state index in [0.717, 1.165) is 57.3 Å². The predicted octanol–water partition coefficient (Wildman–Crippen LogP) is 3.37. The number of carbonyl (C=O) groups is 1. The fourth-order valence-electron chi connectivity index (χ4n) is 4.05. The Bertz CT molecular complexity index is 603. The summed E-state index contributed by atoms with van der Waals surface area (Å²) in [5.41, 5.74) is 2.22. The van der Waals surface area contributed by atoms with Crippen molar-refractivity contribution < 1.29 is 19.4 Å². The van der Waals surface area contributed by atoms with Gasteiger partial charge in [-0.2, -0.15) is 0 Å². The van der Waals surface area contributed by atoms with Crippen LogP contribution in [0.25, 0.3) is 0 Å². The van der Waals surface area contributed by atoms with E-state index in [0.29, 0.717) is 19.1 Å². The molecule has 2 aliphatic rings. The molecule has 1 aliphatic heterocycles. The molecule has 3 rings (SSSR count). The molecule has 0 bridgehead atoms. The van der Waals surface area contributed by atoms with Crippen LogP contribution in [0, 0.1) is 0 Å². The van der Waals surface area contributed by atoms with Crippen LogP contribution in [0.4, 0.5) is 0 Å². The number of carbonyl (C=O) groups excluding carboxylic acids is 1. The number of hydrogen-bond acceptors (Lipinski definition) is 6. The van der Waals surface area contributed by atoms with Gasteiger partial charge in [-0.3, -0.25) is 4.90 Å². The third-order valence-electron chi connectivity index (χ3n) is 5.77. The summed E-state index contributed by atoms with van der Waals surface area (Å²) in [6.07, 6.45) is 7.13. The van der Waals surface area contributed by atoms with E-state index in [4.69, 9.17) is 9.47 Å². The van der Waals surface area contributed by atoms with E-state index >= 15 is 0 Å². The molecule has 172 valence electrons. The summed E-state index contributed by atoms with van der Waals surface area (Å²) in [7, 11) is 5.61. The number of aliphatic hydroxyl groups is 1. The fraction of sp³-hybridized carbons (Fsp3) is 0.708. The van der Waals surface area contributed by atoms with Gasteiger partial charge in [0.15, 0.2) is 0 Å². The van der Waals surface area contributed by atoms with Gasteiger partial charge in [-0.1, -0.05) is 39.2 Å². The molecule has 1 aliphatic carbocycles. The molecule has 1 atom stereocenters. The predicted molar refractivity (Wildman–Crippen MR) is 122 cm³/mol. The molecule has 1 aromatic rings. The van der Waals surface area contributed by atoms with Crippen LogP contribution >= 0.6 is 0 Å². The van der Waals surface area contributed by atoms with E-state index < -0.39 is 5.60 Å². The van der Waals surface area contributed by atoms with Crippen molar-refractivity contribution in [3.63, 3.8) is 0 Å². The number of rotatable bonds is 7. The van der Waals surface area contributed by atoms with Gasteiger partial charge in [0, 0.05) is 20.2 Å². The third-order valence-corrected chi connectivity index (χ3v) is 5.77. The normalized spacial score (nSPS) is 20.0. The number of likely N-dealkylation sites (N-methyl/N-ethyl adjacent to an activating group) is 1. The van der Waals surface area contributed by atoms with Crippen LogP contribution in [0.5, 0.6) is 5.75 Å². The van der Waals surface area contributed by atoms with Crippen molar-refractivity contribution in [1.29, 1.82) is 0 Å². The molecule has 0 amide bonds. The lowest BCUT2D eigenvalue weighted by Crippen LogP contribution is -2.42. The molecule has 1 saturated carbocycles. The van der Waals surface area contributed by atoms with E-state index in [1.165, 1.54) is 17.5 Å². The topological polar surface area (TPSA) is 71.0 Å². The minimum Gasteiger partial charge on any atom is -0.497 e. The summed E-state index contributed by atoms with van der Waals surface area (Å²) >= 11 is 0. The third kappa shape index (κ3) is 8.34. The van der Waals surface area contributed by atoms with Gasteiger partial charge in [-0.25, -0.2) is 0 Å². The Labute approximate surface area is 182 Å². The van der Waals surface area contributed by atoms with Crippen LogP contribution in [-0.2, 0) is 16.0 Å². The summed E-state index contributed by atoms with van der Waals surface area (Å²) in [6.45, 7) is 6.73. The summed E-state index contributed by atoms with van der Waals surface area (Å²) in [4.78, 5) is 12.3. The van der Waals surface area contributed by atoms with Crippen LogP contribution < -0.4 is 10.1 Å². The Hall–Kier alpha value is -1.47. The highest BCUT2D eigenvalue weighted by atomic mass is 16.5. The Balaban J connectivity index is 0.000000287. The molecule has 1 aromatic carbocycles. The lowest BCUT2D eigenvalue weighted by Gasteiger charge is -2.34. The number of methoxy groups -OCH3 is 2. The van der Waals surface area contributed by atoms with E-state index in [1.54, 1.807) is 14.2 Å². The largest absolute Gasteiger partial charge is 0.497 e. The van der Waals surface area contributed by atoms with Gasteiger partial charge in [0.2, 0.25) is 0 Å². The van der Waals surface area contributed by atoms with Crippen molar-refractivity contribution >= 4 is 6.29 Å². The summed E-state index contributed by atoms with van der Waals surface area (Å²) < 4.78 is 10.6. The Morgan fingerprint density at radius 1 is 1.23 bits per heavy atom. The molecule has 0 aromatic heterocycles. The highest BCUT2D eigenvalue weighted by Crippen LogP contribution is 2.31. The van der Waals surface area contributed by atoms with E-state index in [2.05, 4.69) is 29.4 Å². The first-order valence-corrected chi connectivity index (χ1v) is 11.3. The van der Waals surface area contributed by atoms with Crippen molar-refractivity contribution in [2.75, 3.05) is 47.5 Å². The molecule has 2 N–H and O–H groups in total. The highest BCUT2D eigenvalue weighted by Gasteiger charge is 2.28. The van der Waals surface area contributed by atoms with E-state index in [9.17, 15) is 9.90 Å². The van der Waals surface area contributed by atoms with Gasteiger partial charge in [0.25, 0.3) is 0 Å². The number of nitrogens with one attached hydrogen (secondary N) is 1. The van der Waals surface area contributed by atoms with Crippen LogP contribution in [0.3, 0.4) is 0 Å². The van der Waals surface area contributed by atoms with Gasteiger partial charge in [-0.15, -0.1) is 0 Å². The summed E-state index contributed by atoms with van der Waals surface area (Å²) in [5.74, 6) is 0.926. The van der Waals surface area contributed by atoms with E-state index in [-0.39, 0.29) is 0 Å². The van der Waals surface area contributed by atoms with E-state index in [1.807, 2.05) is 19.9 Å². The van der Waals surface area contributed by atoms with Crippen LogP contribution in [0.2, 0.25) is 0 Å². The van der Waals surface area contributed by atoms with Gasteiger partial charge in [0.05, 0.1) is 31.9 Å². The minimum atomic E-state index is -0.540. The van der Waals surface area contributed by atoms with Crippen molar-refractivity contribution in [2.45, 2.75) is 64.0 Å². The first kappa shape index (κ1) is 26.6. The fourth-order valence-corrected chi connectivity index (χ4v) is 4.05. The summed E-state index contributed by atoms with van der Waals surface area (Å²) in [5, 5.41) is 12.8. The van der Waals surface area contributed by atoms with Crippen molar-refractivity contribution in [3.05, 3.63) is 29.3 Å². The minimum absolute atomic E-state index is 0.350. The molecule has 1 unspecified atom stereocenters. The van der Waals surface area contributed by atoms with Gasteiger partial charge < -0.3 is 24.7 Å². The second-order valence-electron chi connectivity index (χ2n) is 7.85. The standard InChI is InChI=1S/C13H19NO2.C9H17NO2.C2H6/c1-14-7-6-10-4-5-11(16-3)8-12(10)13(14)9-15-2;11-7-6-10-8-9(12)4-2-1-3-5-9;1-2/h4-5,8,13H,6-7,9H2,1-3H3;7,10,12H,1-6,8H2;1-2H3. The zero-order valence-corrected chi connectivity index (χ0v) is 19.6. The van der Waals surface area contributed by atoms with Crippen molar-refractivity contribution in [1.82, 2.24) is 10.2 Å². The average molecular weight is 423 g/mol. The molecule has 1 fully saturated rings. The van der Waals surface area contributed by atoms with Crippen LogP contribution in [0.1, 0.15) is 63.1 Å². The Kier molecular flexibility index (Phi) is 12.9. The zero-order chi connectivity index (χ0) is 22.4. The quantitative estimate of drug-likeness (QED) is 0.519. The SMILES string of the molecule is CC.COCC1c2cc(OC)ccc2CCN1C.O=CCNCC1(O)CCCCC1. The lowest BCUT2D eigenvalue weighted by atomic mass is 9.85. The maximum absolute atomic E-state index is 10.0. The van der Waals surface area contributed by atoms with Gasteiger partial charge in [-0.05, 0) is 49.6 Å². The number of aldehydes is 1. The first-order valence-electron chi connectivity index (χ1n) is 11.3. The monoisotopic (exact) mass is 422 g/mol. The number of fused-ring (bicyclic) bond motifs is 1. The number of nitrogens with zero attached hydrogens (tertiary/aromatic N) is 1. The Morgan fingerprint density at radius 2 is 1.93 bits per heavy atom. The molecule has 0 spiro atoms. The molecular weight excluding hydrogens is 380 g/mol. The number of ether oxygens (including phenoxy) is 2. The lowest BCUT2D eigenvalue weighted by molar-refractivity contribution is -0.107. The van der Waals surface area contributed by atoms with Crippen molar-refractivity contribution in [3.8, 4) is 5.75 Å². The molecule has 6 heteroatoms. The zero-order valence-electron chi connectivity index (χ0n) is 19.6. The number of hydrogen-bond donors (Lipinski definition) is 2. The summed E-state index contributed by atoms with van der Waals surface area (Å²) in [6, 6.07) is 6.69. The molecule has 30 heavy (non-hydrogen) atoms. The Morgan fingerprint density at radius 3 is 2.53 bits per heavy atom. The second kappa shape index (κ2) is 14.5. The van der Waals surface area contributed by atoms with Gasteiger partial charge in [0.1, 0.15) is 12.0 Å². The smallest absolute Gasteiger partial charge is 0.133 e. The molecule has 0 saturated heterocycles. The van der Waals surface area contributed by atoms with Crippen LogP contribution in [-0.4, -0.2) is 69.4 Å².